The van der Waals surface area contributed by atoms with Crippen LogP contribution in [0.25, 0.3) is 0 Å². The van der Waals surface area contributed by atoms with Crippen LogP contribution in [-0.2, 0) is 15.9 Å². The van der Waals surface area contributed by atoms with Gasteiger partial charge in [-0.15, -0.1) is 0 Å². The number of aromatic hydroxyl groups is 2. The summed E-state index contributed by atoms with van der Waals surface area (Å²) in [5, 5.41) is 62.3. The van der Waals surface area contributed by atoms with Gasteiger partial charge < -0.3 is 59.1 Å². The Bertz CT molecular complexity index is 1130. The molecular formula is C27H36O12. The first kappa shape index (κ1) is 29.0. The number of fused-ring (bicyclic) bond motifs is 1. The topological polar surface area (TPSA) is 177 Å². The summed E-state index contributed by atoms with van der Waals surface area (Å²) in [6, 6.07) is 4.96. The first-order valence-electron chi connectivity index (χ1n) is 12.5. The highest BCUT2D eigenvalue weighted by Gasteiger charge is 2.44. The molecule has 0 saturated carbocycles. The van der Waals surface area contributed by atoms with Crippen LogP contribution in [0.1, 0.15) is 22.6 Å². The number of ether oxygens (including phenoxy) is 6. The second kappa shape index (κ2) is 12.0. The highest BCUT2D eigenvalue weighted by Crippen LogP contribution is 2.54. The van der Waals surface area contributed by atoms with Gasteiger partial charge in [0.2, 0.25) is 11.5 Å². The summed E-state index contributed by atoms with van der Waals surface area (Å²) in [5.74, 6) is -1.16. The third-order valence-electron chi connectivity index (χ3n) is 7.60. The van der Waals surface area contributed by atoms with E-state index in [9.17, 15) is 30.6 Å². The molecular weight excluding hydrogens is 516 g/mol. The second-order valence-electron chi connectivity index (χ2n) is 9.68. The number of benzene rings is 2. The Morgan fingerprint density at radius 3 is 2.03 bits per heavy atom. The summed E-state index contributed by atoms with van der Waals surface area (Å²) in [6.07, 6.45) is -5.04. The summed E-state index contributed by atoms with van der Waals surface area (Å²) in [4.78, 5) is 0. The van der Waals surface area contributed by atoms with Crippen LogP contribution in [0.5, 0.6) is 34.5 Å². The van der Waals surface area contributed by atoms with Crippen molar-refractivity contribution in [3.63, 3.8) is 0 Å². The zero-order valence-corrected chi connectivity index (χ0v) is 22.2. The molecule has 0 spiro atoms. The maximum atomic E-state index is 11.0. The molecule has 4 rings (SSSR count). The van der Waals surface area contributed by atoms with Gasteiger partial charge in [-0.2, -0.15) is 0 Å². The van der Waals surface area contributed by atoms with E-state index in [0.29, 0.717) is 17.5 Å². The number of methoxy groups -OCH3 is 4. The minimum absolute atomic E-state index is 0.0542. The fourth-order valence-electron chi connectivity index (χ4n) is 5.55. The molecule has 216 valence electrons. The first-order valence-corrected chi connectivity index (χ1v) is 12.5. The Morgan fingerprint density at radius 1 is 0.846 bits per heavy atom. The van der Waals surface area contributed by atoms with Crippen LogP contribution in [0.3, 0.4) is 0 Å². The summed E-state index contributed by atoms with van der Waals surface area (Å²) in [7, 11) is 5.66. The molecule has 2 aromatic carbocycles. The predicted molar refractivity (Wildman–Crippen MR) is 136 cm³/mol. The molecule has 2 aliphatic rings. The van der Waals surface area contributed by atoms with E-state index < -0.39 is 36.4 Å². The van der Waals surface area contributed by atoms with E-state index in [-0.39, 0.29) is 60.2 Å². The molecule has 0 bridgehead atoms. The monoisotopic (exact) mass is 552 g/mol. The van der Waals surface area contributed by atoms with Gasteiger partial charge in [0.15, 0.2) is 29.3 Å². The van der Waals surface area contributed by atoms with E-state index >= 15 is 0 Å². The van der Waals surface area contributed by atoms with E-state index in [1.165, 1.54) is 28.4 Å². The van der Waals surface area contributed by atoms with E-state index in [0.717, 1.165) is 5.56 Å². The van der Waals surface area contributed by atoms with Crippen molar-refractivity contribution >= 4 is 0 Å². The molecule has 1 unspecified atom stereocenters. The van der Waals surface area contributed by atoms with Crippen molar-refractivity contribution in [2.45, 2.75) is 36.9 Å². The third kappa shape index (κ3) is 5.28. The molecule has 39 heavy (non-hydrogen) atoms. The van der Waals surface area contributed by atoms with Gasteiger partial charge in [-0.3, -0.25) is 0 Å². The number of aliphatic hydroxyl groups excluding tert-OH is 4. The van der Waals surface area contributed by atoms with Crippen molar-refractivity contribution in [2.75, 3.05) is 48.3 Å². The predicted octanol–water partition coefficient (Wildman–Crippen LogP) is 0.500. The second-order valence-corrected chi connectivity index (χ2v) is 9.68. The lowest BCUT2D eigenvalue weighted by atomic mass is 9.66. The molecule has 12 nitrogen and oxygen atoms in total. The molecule has 0 amide bonds. The van der Waals surface area contributed by atoms with Crippen LogP contribution < -0.4 is 18.9 Å². The molecule has 1 aliphatic carbocycles. The Hall–Kier alpha value is -3.00. The fourth-order valence-corrected chi connectivity index (χ4v) is 5.55. The molecule has 1 aliphatic heterocycles. The van der Waals surface area contributed by atoms with Crippen molar-refractivity contribution in [1.29, 1.82) is 0 Å². The van der Waals surface area contributed by atoms with Crippen molar-refractivity contribution < 1.29 is 59.1 Å². The number of rotatable bonds is 9. The average Bonchev–Trinajstić information content (AvgIpc) is 2.94. The summed E-state index contributed by atoms with van der Waals surface area (Å²) in [5.41, 5.74) is 1.99. The number of hydrogen-bond donors (Lipinski definition) is 6. The molecule has 2 aromatic rings. The molecule has 0 aromatic heterocycles. The SMILES string of the molecule is COc1cc(C2c3c(cc(OC)c(O)c3OC)C[C@@H](CO)[C@@H]2CO[C@@H]2OC[C@@H](O)[C@H](O)[C@H]2O)cc(OC)c1O. The maximum Gasteiger partial charge on any atom is 0.201 e. The standard InChI is InChI=1S/C27H36O12/c1-34-17-7-13(8-18(35-2)23(17)31)20-15(10-38-27-25(33)22(30)16(29)11-39-27)14(9-28)5-12-6-19(36-3)24(32)26(37-4)21(12)20/h6-8,14-16,20,22,25,27-33H,5,9-11H2,1-4H3/t14-,15-,16+,20?,22-,25+,27+/m0/s1. The molecule has 1 heterocycles. The maximum absolute atomic E-state index is 11.0. The zero-order valence-electron chi connectivity index (χ0n) is 22.2. The van der Waals surface area contributed by atoms with E-state index in [1.54, 1.807) is 18.2 Å². The van der Waals surface area contributed by atoms with Gasteiger partial charge in [0.1, 0.15) is 18.3 Å². The van der Waals surface area contributed by atoms with Crippen molar-refractivity contribution in [3.05, 3.63) is 34.9 Å². The minimum Gasteiger partial charge on any atom is -0.502 e. The molecule has 6 N–H and O–H groups in total. The van der Waals surface area contributed by atoms with E-state index in [4.69, 9.17) is 28.4 Å². The van der Waals surface area contributed by atoms with Gasteiger partial charge in [-0.1, -0.05) is 0 Å². The number of phenolic OH excluding ortho intramolecular Hbond substituents is 2. The van der Waals surface area contributed by atoms with E-state index in [1.807, 2.05) is 0 Å². The fraction of sp³-hybridized carbons (Fsp3) is 0.556. The Labute approximate surface area is 225 Å². The van der Waals surface area contributed by atoms with Gasteiger partial charge in [0.05, 0.1) is 41.7 Å². The normalized spacial score (nSPS) is 28.5. The number of aliphatic hydroxyl groups is 4. The molecule has 0 radical (unpaired) electrons. The van der Waals surface area contributed by atoms with Crippen molar-refractivity contribution in [1.82, 2.24) is 0 Å². The van der Waals surface area contributed by atoms with Crippen LogP contribution >= 0.6 is 0 Å². The largest absolute Gasteiger partial charge is 0.502 e. The van der Waals surface area contributed by atoms with E-state index in [2.05, 4.69) is 0 Å². The van der Waals surface area contributed by atoms with Crippen LogP contribution in [0.4, 0.5) is 0 Å². The Balaban J connectivity index is 1.86. The molecule has 7 atom stereocenters. The van der Waals surface area contributed by atoms with Gasteiger partial charge in [-0.25, -0.2) is 0 Å². The summed E-state index contributed by atoms with van der Waals surface area (Å²) in [6.45, 7) is -0.504. The molecule has 1 fully saturated rings. The molecule has 1 saturated heterocycles. The first-order chi connectivity index (χ1) is 18.7. The average molecular weight is 553 g/mol. The van der Waals surface area contributed by atoms with Gasteiger partial charge >= 0.3 is 0 Å². The zero-order chi connectivity index (χ0) is 28.4. The lowest BCUT2D eigenvalue weighted by Gasteiger charge is -2.42. The summed E-state index contributed by atoms with van der Waals surface area (Å²) < 4.78 is 33.2. The lowest BCUT2D eigenvalue weighted by molar-refractivity contribution is -0.274. The minimum atomic E-state index is -1.49. The number of phenols is 2. The third-order valence-corrected chi connectivity index (χ3v) is 7.60. The van der Waals surface area contributed by atoms with Crippen LogP contribution in [0, 0.1) is 11.8 Å². The van der Waals surface area contributed by atoms with Crippen LogP contribution in [0.15, 0.2) is 18.2 Å². The van der Waals surface area contributed by atoms with Crippen molar-refractivity contribution in [2.24, 2.45) is 11.8 Å². The smallest absolute Gasteiger partial charge is 0.201 e. The van der Waals surface area contributed by atoms with Crippen LogP contribution in [-0.4, -0.2) is 104 Å². The summed E-state index contributed by atoms with van der Waals surface area (Å²) >= 11 is 0. The van der Waals surface area contributed by atoms with Gasteiger partial charge in [-0.05, 0) is 47.6 Å². The highest BCUT2D eigenvalue weighted by atomic mass is 16.7. The highest BCUT2D eigenvalue weighted by molar-refractivity contribution is 5.64. The lowest BCUT2D eigenvalue weighted by Crippen LogP contribution is -2.54. The number of hydrogen-bond acceptors (Lipinski definition) is 12. The van der Waals surface area contributed by atoms with Crippen LogP contribution in [0.2, 0.25) is 0 Å². The van der Waals surface area contributed by atoms with Gasteiger partial charge in [0.25, 0.3) is 0 Å². The Morgan fingerprint density at radius 2 is 1.46 bits per heavy atom. The van der Waals surface area contributed by atoms with Crippen molar-refractivity contribution in [3.8, 4) is 34.5 Å². The molecule has 12 heteroatoms. The quantitative estimate of drug-likeness (QED) is 0.254. The Kier molecular flexibility index (Phi) is 8.94. The van der Waals surface area contributed by atoms with Gasteiger partial charge in [0, 0.05) is 18.1 Å².